The van der Waals surface area contributed by atoms with Crippen molar-refractivity contribution in [3.63, 3.8) is 0 Å². The third kappa shape index (κ3) is 2.62. The SMILES string of the molecule is CN(C)c1ccc(C(CO)N=[N+]=[N-])cc1F. The molecule has 1 N–H and O–H groups in total. The quantitative estimate of drug-likeness (QED) is 0.484. The first-order chi connectivity index (χ1) is 7.60. The number of nitrogens with zero attached hydrogens (tertiary/aromatic N) is 4. The first-order valence-corrected chi connectivity index (χ1v) is 4.72. The van der Waals surface area contributed by atoms with E-state index >= 15 is 0 Å². The standard InChI is InChI=1S/C10H13FN4O/c1-15(2)10-4-3-7(5-8(10)11)9(6-16)13-14-12/h3-5,9,16H,6H2,1-2H3. The summed E-state index contributed by atoms with van der Waals surface area (Å²) in [6.07, 6.45) is 0. The minimum atomic E-state index is -0.740. The molecule has 0 aromatic heterocycles. The molecule has 16 heavy (non-hydrogen) atoms. The average Bonchev–Trinajstić information content (AvgIpc) is 2.25. The normalized spacial score (nSPS) is 11.8. The van der Waals surface area contributed by atoms with Crippen LogP contribution in [-0.2, 0) is 0 Å². The van der Waals surface area contributed by atoms with Crippen LogP contribution in [0.5, 0.6) is 0 Å². The minimum Gasteiger partial charge on any atom is -0.396 e. The second-order valence-electron chi connectivity index (χ2n) is 3.51. The molecule has 0 spiro atoms. The number of aliphatic hydroxyl groups excluding tert-OH is 1. The third-order valence-electron chi connectivity index (χ3n) is 2.20. The molecule has 1 atom stereocenters. The van der Waals surface area contributed by atoms with Gasteiger partial charge in [-0.2, -0.15) is 0 Å². The average molecular weight is 224 g/mol. The van der Waals surface area contributed by atoms with Crippen molar-refractivity contribution in [2.75, 3.05) is 25.6 Å². The zero-order valence-corrected chi connectivity index (χ0v) is 9.13. The first kappa shape index (κ1) is 12.3. The number of aliphatic hydroxyl groups is 1. The largest absolute Gasteiger partial charge is 0.396 e. The molecule has 0 amide bonds. The van der Waals surface area contributed by atoms with Gasteiger partial charge >= 0.3 is 0 Å². The summed E-state index contributed by atoms with van der Waals surface area (Å²) in [5.41, 5.74) is 9.19. The molecular formula is C10H13FN4O. The van der Waals surface area contributed by atoms with Crippen molar-refractivity contribution >= 4 is 5.69 Å². The molecule has 0 bridgehead atoms. The van der Waals surface area contributed by atoms with Crippen molar-refractivity contribution in [1.29, 1.82) is 0 Å². The van der Waals surface area contributed by atoms with Gasteiger partial charge in [0.25, 0.3) is 0 Å². The Labute approximate surface area is 92.7 Å². The highest BCUT2D eigenvalue weighted by atomic mass is 19.1. The fraction of sp³-hybridized carbons (Fsp3) is 0.400. The van der Waals surface area contributed by atoms with E-state index in [9.17, 15) is 4.39 Å². The maximum absolute atomic E-state index is 13.6. The van der Waals surface area contributed by atoms with Crippen LogP contribution in [0.3, 0.4) is 0 Å². The van der Waals surface area contributed by atoms with Crippen molar-refractivity contribution in [2.45, 2.75) is 6.04 Å². The van der Waals surface area contributed by atoms with E-state index in [1.165, 1.54) is 6.07 Å². The van der Waals surface area contributed by atoms with Gasteiger partial charge in [0.15, 0.2) is 0 Å². The fourth-order valence-electron chi connectivity index (χ4n) is 1.36. The summed E-state index contributed by atoms with van der Waals surface area (Å²) in [5, 5.41) is 12.4. The molecule has 6 heteroatoms. The van der Waals surface area contributed by atoms with Crippen LogP contribution in [-0.4, -0.2) is 25.8 Å². The number of hydrogen-bond donors (Lipinski definition) is 1. The van der Waals surface area contributed by atoms with E-state index in [1.807, 2.05) is 0 Å². The van der Waals surface area contributed by atoms with E-state index in [0.717, 1.165) is 0 Å². The second-order valence-corrected chi connectivity index (χ2v) is 3.51. The van der Waals surface area contributed by atoms with E-state index < -0.39 is 11.9 Å². The molecule has 0 saturated carbocycles. The predicted octanol–water partition coefficient (Wildman–Crippen LogP) is 2.24. The zero-order valence-electron chi connectivity index (χ0n) is 9.13. The molecule has 0 saturated heterocycles. The number of hydrogen-bond acceptors (Lipinski definition) is 3. The number of halogens is 1. The Morgan fingerprint density at radius 2 is 2.25 bits per heavy atom. The van der Waals surface area contributed by atoms with Crippen molar-refractivity contribution in [3.8, 4) is 0 Å². The van der Waals surface area contributed by atoms with Crippen molar-refractivity contribution < 1.29 is 9.50 Å². The number of rotatable bonds is 4. The lowest BCUT2D eigenvalue weighted by molar-refractivity contribution is 0.267. The van der Waals surface area contributed by atoms with Crippen LogP contribution in [0.2, 0.25) is 0 Å². The molecule has 0 fully saturated rings. The van der Waals surface area contributed by atoms with Gasteiger partial charge in [0.2, 0.25) is 0 Å². The molecule has 0 radical (unpaired) electrons. The number of azide groups is 1. The van der Waals surface area contributed by atoms with Gasteiger partial charge in [-0.15, -0.1) is 0 Å². The van der Waals surface area contributed by atoms with Crippen LogP contribution in [0, 0.1) is 5.82 Å². The van der Waals surface area contributed by atoms with Crippen LogP contribution in [0.15, 0.2) is 23.3 Å². The Morgan fingerprint density at radius 1 is 1.56 bits per heavy atom. The van der Waals surface area contributed by atoms with Crippen LogP contribution < -0.4 is 4.90 Å². The lowest BCUT2D eigenvalue weighted by atomic mass is 10.1. The summed E-state index contributed by atoms with van der Waals surface area (Å²) < 4.78 is 13.6. The van der Waals surface area contributed by atoms with Gasteiger partial charge in [-0.25, -0.2) is 4.39 Å². The zero-order chi connectivity index (χ0) is 12.1. The van der Waals surface area contributed by atoms with Gasteiger partial charge in [-0.3, -0.25) is 0 Å². The summed E-state index contributed by atoms with van der Waals surface area (Å²) in [4.78, 5) is 4.24. The third-order valence-corrected chi connectivity index (χ3v) is 2.20. The molecule has 0 aliphatic carbocycles. The molecule has 0 heterocycles. The lowest BCUT2D eigenvalue weighted by Crippen LogP contribution is -2.11. The summed E-state index contributed by atoms with van der Waals surface area (Å²) in [5.74, 6) is -0.408. The van der Waals surface area contributed by atoms with Gasteiger partial charge in [-0.1, -0.05) is 11.2 Å². The predicted molar refractivity (Wildman–Crippen MR) is 59.7 cm³/mol. The molecular weight excluding hydrogens is 211 g/mol. The van der Waals surface area contributed by atoms with Crippen LogP contribution in [0.4, 0.5) is 10.1 Å². The highest BCUT2D eigenvalue weighted by Gasteiger charge is 2.11. The number of anilines is 1. The van der Waals surface area contributed by atoms with E-state index in [0.29, 0.717) is 11.3 Å². The Kier molecular flexibility index (Phi) is 4.10. The van der Waals surface area contributed by atoms with E-state index in [1.54, 1.807) is 31.1 Å². The highest BCUT2D eigenvalue weighted by molar-refractivity contribution is 5.48. The van der Waals surface area contributed by atoms with Crippen molar-refractivity contribution in [1.82, 2.24) is 0 Å². The summed E-state index contributed by atoms with van der Waals surface area (Å²) >= 11 is 0. The molecule has 1 rings (SSSR count). The van der Waals surface area contributed by atoms with Gasteiger partial charge in [0, 0.05) is 19.0 Å². The summed E-state index contributed by atoms with van der Waals surface area (Å²) in [6, 6.07) is 3.75. The Balaban J connectivity index is 3.08. The van der Waals surface area contributed by atoms with Crippen LogP contribution >= 0.6 is 0 Å². The molecule has 86 valence electrons. The molecule has 0 aliphatic heterocycles. The summed E-state index contributed by atoms with van der Waals surface area (Å²) in [7, 11) is 3.46. The fourth-order valence-corrected chi connectivity index (χ4v) is 1.36. The molecule has 1 unspecified atom stereocenters. The van der Waals surface area contributed by atoms with E-state index in [-0.39, 0.29) is 6.61 Å². The molecule has 1 aromatic carbocycles. The van der Waals surface area contributed by atoms with Crippen molar-refractivity contribution in [3.05, 3.63) is 40.0 Å². The van der Waals surface area contributed by atoms with E-state index in [2.05, 4.69) is 10.0 Å². The summed E-state index contributed by atoms with van der Waals surface area (Å²) in [6.45, 7) is -0.342. The smallest absolute Gasteiger partial charge is 0.146 e. The van der Waals surface area contributed by atoms with Gasteiger partial charge < -0.3 is 10.0 Å². The molecule has 1 aromatic rings. The lowest BCUT2D eigenvalue weighted by Gasteiger charge is -2.15. The topological polar surface area (TPSA) is 72.2 Å². The van der Waals surface area contributed by atoms with Crippen molar-refractivity contribution in [2.24, 2.45) is 5.11 Å². The first-order valence-electron chi connectivity index (χ1n) is 4.72. The monoisotopic (exact) mass is 224 g/mol. The molecule has 0 aliphatic rings. The van der Waals surface area contributed by atoms with Crippen LogP contribution in [0.1, 0.15) is 11.6 Å². The second kappa shape index (κ2) is 5.34. The highest BCUT2D eigenvalue weighted by Crippen LogP contribution is 2.23. The maximum atomic E-state index is 13.6. The maximum Gasteiger partial charge on any atom is 0.146 e. The van der Waals surface area contributed by atoms with Gasteiger partial charge in [-0.05, 0) is 23.2 Å². The Bertz CT molecular complexity index is 415. The van der Waals surface area contributed by atoms with Gasteiger partial charge in [0.05, 0.1) is 18.3 Å². The van der Waals surface area contributed by atoms with Gasteiger partial charge in [0.1, 0.15) is 5.82 Å². The molecule has 5 nitrogen and oxygen atoms in total. The minimum absolute atomic E-state index is 0.342. The van der Waals surface area contributed by atoms with Crippen LogP contribution in [0.25, 0.3) is 10.4 Å². The number of benzene rings is 1. The Morgan fingerprint density at radius 3 is 2.69 bits per heavy atom. The Hall–Kier alpha value is -1.78. The van der Waals surface area contributed by atoms with E-state index in [4.69, 9.17) is 10.6 Å².